The Bertz CT molecular complexity index is 567. The molecule has 0 bridgehead atoms. The van der Waals surface area contributed by atoms with E-state index in [1.807, 2.05) is 13.0 Å². The number of carbonyl (C=O) groups is 1. The lowest BCUT2D eigenvalue weighted by molar-refractivity contribution is 0.0687. The van der Waals surface area contributed by atoms with Crippen molar-refractivity contribution in [3.63, 3.8) is 0 Å². The van der Waals surface area contributed by atoms with Gasteiger partial charge >= 0.3 is 5.97 Å². The Morgan fingerprint density at radius 2 is 1.82 bits per heavy atom. The Hall–Kier alpha value is -2.23. The lowest BCUT2D eigenvalue weighted by Gasteiger charge is -2.03. The van der Waals surface area contributed by atoms with Crippen molar-refractivity contribution in [1.82, 2.24) is 4.57 Å². The fourth-order valence-corrected chi connectivity index (χ4v) is 1.85. The zero-order valence-electron chi connectivity index (χ0n) is 9.64. The summed E-state index contributed by atoms with van der Waals surface area (Å²) in [5.74, 6) is -0.790. The maximum atomic E-state index is 11.2. The van der Waals surface area contributed by atoms with Gasteiger partial charge in [-0.3, -0.25) is 0 Å². The average molecular weight is 231 g/mol. The Morgan fingerprint density at radius 3 is 2.35 bits per heavy atom. The molecule has 0 aliphatic rings. The third-order valence-electron chi connectivity index (χ3n) is 2.85. The number of aromatic carboxylic acids is 1. The highest BCUT2D eigenvalue weighted by molar-refractivity contribution is 5.95. The van der Waals surface area contributed by atoms with Gasteiger partial charge in [0.2, 0.25) is 0 Å². The van der Waals surface area contributed by atoms with Crippen LogP contribution < -0.4 is 0 Å². The standard InChI is InChI=1S/C13H13NO3/c1-8-7-11(12(13(16)17)14(8)2)9-3-5-10(15)6-4-9/h3-7,15H,1-2H3,(H,16,17). The van der Waals surface area contributed by atoms with Crippen LogP contribution in [0.4, 0.5) is 0 Å². The summed E-state index contributed by atoms with van der Waals surface area (Å²) < 4.78 is 1.64. The molecule has 4 nitrogen and oxygen atoms in total. The second-order valence-electron chi connectivity index (χ2n) is 3.96. The highest BCUT2D eigenvalue weighted by Crippen LogP contribution is 2.28. The zero-order valence-corrected chi connectivity index (χ0v) is 9.64. The predicted octanol–water partition coefficient (Wildman–Crippen LogP) is 2.40. The lowest BCUT2D eigenvalue weighted by Crippen LogP contribution is -2.06. The number of phenols is 1. The van der Waals surface area contributed by atoms with Crippen molar-refractivity contribution in [1.29, 1.82) is 0 Å². The van der Waals surface area contributed by atoms with Gasteiger partial charge in [0.1, 0.15) is 11.4 Å². The molecule has 4 heteroatoms. The van der Waals surface area contributed by atoms with Gasteiger partial charge in [0, 0.05) is 18.3 Å². The molecule has 0 saturated heterocycles. The summed E-state index contributed by atoms with van der Waals surface area (Å²) in [6.45, 7) is 1.86. The van der Waals surface area contributed by atoms with E-state index in [4.69, 9.17) is 0 Å². The van der Waals surface area contributed by atoms with Crippen molar-refractivity contribution < 1.29 is 15.0 Å². The Morgan fingerprint density at radius 1 is 1.24 bits per heavy atom. The number of carboxylic acid groups (broad SMARTS) is 1. The molecule has 0 fully saturated rings. The van der Waals surface area contributed by atoms with Gasteiger partial charge in [0.25, 0.3) is 0 Å². The van der Waals surface area contributed by atoms with Crippen LogP contribution in [-0.4, -0.2) is 20.7 Å². The van der Waals surface area contributed by atoms with Crippen molar-refractivity contribution in [2.75, 3.05) is 0 Å². The number of aromatic nitrogens is 1. The summed E-state index contributed by atoms with van der Waals surface area (Å²) in [6, 6.07) is 8.33. The summed E-state index contributed by atoms with van der Waals surface area (Å²) in [7, 11) is 1.72. The predicted molar refractivity (Wildman–Crippen MR) is 64.2 cm³/mol. The van der Waals surface area contributed by atoms with Crippen molar-refractivity contribution in [3.8, 4) is 16.9 Å². The topological polar surface area (TPSA) is 62.5 Å². The van der Waals surface area contributed by atoms with Crippen LogP contribution in [0, 0.1) is 6.92 Å². The third kappa shape index (κ3) is 1.89. The number of benzene rings is 1. The number of hydrogen-bond acceptors (Lipinski definition) is 2. The molecular formula is C13H13NO3. The first-order chi connectivity index (χ1) is 8.00. The summed E-state index contributed by atoms with van der Waals surface area (Å²) in [5, 5.41) is 18.4. The van der Waals surface area contributed by atoms with Gasteiger partial charge in [-0.25, -0.2) is 4.79 Å². The first-order valence-electron chi connectivity index (χ1n) is 5.19. The molecule has 2 N–H and O–H groups in total. The number of aryl methyl sites for hydroxylation is 1. The summed E-state index contributed by atoms with van der Waals surface area (Å²) in [5.41, 5.74) is 2.58. The van der Waals surface area contributed by atoms with E-state index in [0.29, 0.717) is 5.56 Å². The first kappa shape index (κ1) is 11.3. The van der Waals surface area contributed by atoms with Crippen LogP contribution in [0.5, 0.6) is 5.75 Å². The molecule has 0 aliphatic heterocycles. The molecule has 0 aliphatic carbocycles. The van der Waals surface area contributed by atoms with Gasteiger partial charge in [-0.15, -0.1) is 0 Å². The highest BCUT2D eigenvalue weighted by atomic mass is 16.4. The molecule has 0 amide bonds. The number of aromatic hydroxyl groups is 1. The minimum atomic E-state index is -0.955. The fraction of sp³-hybridized carbons (Fsp3) is 0.154. The van der Waals surface area contributed by atoms with Gasteiger partial charge < -0.3 is 14.8 Å². The Balaban J connectivity index is 2.63. The van der Waals surface area contributed by atoms with Crippen molar-refractivity contribution in [2.24, 2.45) is 7.05 Å². The number of carboxylic acids is 1. The smallest absolute Gasteiger partial charge is 0.353 e. The van der Waals surface area contributed by atoms with Crippen LogP contribution in [0.15, 0.2) is 30.3 Å². The number of rotatable bonds is 2. The van der Waals surface area contributed by atoms with Crippen LogP contribution in [0.1, 0.15) is 16.2 Å². The minimum absolute atomic E-state index is 0.165. The van der Waals surface area contributed by atoms with Crippen molar-refractivity contribution in [3.05, 3.63) is 41.7 Å². The largest absolute Gasteiger partial charge is 0.508 e. The minimum Gasteiger partial charge on any atom is -0.508 e. The second kappa shape index (κ2) is 3.97. The van der Waals surface area contributed by atoms with Gasteiger partial charge in [0.15, 0.2) is 0 Å². The summed E-state index contributed by atoms with van der Waals surface area (Å²) in [6.07, 6.45) is 0. The molecule has 1 aromatic heterocycles. The van der Waals surface area contributed by atoms with E-state index in [1.165, 1.54) is 0 Å². The van der Waals surface area contributed by atoms with Crippen molar-refractivity contribution in [2.45, 2.75) is 6.92 Å². The molecule has 88 valence electrons. The second-order valence-corrected chi connectivity index (χ2v) is 3.96. The van der Waals surface area contributed by atoms with E-state index in [9.17, 15) is 15.0 Å². The van der Waals surface area contributed by atoms with E-state index in [2.05, 4.69) is 0 Å². The van der Waals surface area contributed by atoms with E-state index < -0.39 is 5.97 Å². The summed E-state index contributed by atoms with van der Waals surface area (Å²) >= 11 is 0. The first-order valence-corrected chi connectivity index (χ1v) is 5.19. The highest BCUT2D eigenvalue weighted by Gasteiger charge is 2.17. The van der Waals surface area contributed by atoms with E-state index in [0.717, 1.165) is 11.3 Å². The molecule has 0 saturated carbocycles. The third-order valence-corrected chi connectivity index (χ3v) is 2.85. The maximum Gasteiger partial charge on any atom is 0.353 e. The maximum absolute atomic E-state index is 11.2. The van der Waals surface area contributed by atoms with Crippen LogP contribution >= 0.6 is 0 Å². The Kier molecular flexibility index (Phi) is 2.63. The van der Waals surface area contributed by atoms with E-state index >= 15 is 0 Å². The SMILES string of the molecule is Cc1cc(-c2ccc(O)cc2)c(C(=O)O)n1C. The average Bonchev–Trinajstić information content (AvgIpc) is 2.56. The molecule has 2 aromatic rings. The molecular weight excluding hydrogens is 218 g/mol. The van der Waals surface area contributed by atoms with E-state index in [1.54, 1.807) is 35.9 Å². The molecule has 0 radical (unpaired) electrons. The zero-order chi connectivity index (χ0) is 12.6. The van der Waals surface area contributed by atoms with Crippen LogP contribution in [-0.2, 0) is 7.05 Å². The molecule has 2 rings (SSSR count). The fourth-order valence-electron chi connectivity index (χ4n) is 1.85. The Labute approximate surface area is 98.8 Å². The van der Waals surface area contributed by atoms with Gasteiger partial charge in [0.05, 0.1) is 0 Å². The lowest BCUT2D eigenvalue weighted by atomic mass is 10.1. The molecule has 0 unspecified atom stereocenters. The van der Waals surface area contributed by atoms with E-state index in [-0.39, 0.29) is 11.4 Å². The number of nitrogens with zero attached hydrogens (tertiary/aromatic N) is 1. The quantitative estimate of drug-likeness (QED) is 0.834. The number of phenolic OH excluding ortho intramolecular Hbond substituents is 1. The molecule has 1 heterocycles. The van der Waals surface area contributed by atoms with Gasteiger partial charge in [-0.1, -0.05) is 12.1 Å². The number of hydrogen-bond donors (Lipinski definition) is 2. The molecule has 17 heavy (non-hydrogen) atoms. The normalized spacial score (nSPS) is 10.5. The summed E-state index contributed by atoms with van der Waals surface area (Å²) in [4.78, 5) is 11.2. The van der Waals surface area contributed by atoms with Crippen molar-refractivity contribution >= 4 is 5.97 Å². The van der Waals surface area contributed by atoms with Crippen LogP contribution in [0.2, 0.25) is 0 Å². The molecule has 0 atom stereocenters. The molecule has 1 aromatic carbocycles. The monoisotopic (exact) mass is 231 g/mol. The van der Waals surface area contributed by atoms with Gasteiger partial charge in [-0.2, -0.15) is 0 Å². The van der Waals surface area contributed by atoms with Crippen LogP contribution in [0.3, 0.4) is 0 Å². The van der Waals surface area contributed by atoms with Gasteiger partial charge in [-0.05, 0) is 30.7 Å². The molecule has 0 spiro atoms. The van der Waals surface area contributed by atoms with Crippen LogP contribution in [0.25, 0.3) is 11.1 Å².